The Kier molecular flexibility index (Phi) is 5.08. The molecule has 0 bridgehead atoms. The summed E-state index contributed by atoms with van der Waals surface area (Å²) in [5.41, 5.74) is 1.88. The number of carbonyl (C=O) groups is 1. The largest absolute Gasteiger partial charge is 0.352 e. The van der Waals surface area contributed by atoms with Crippen LogP contribution in [-0.2, 0) is 13.1 Å². The van der Waals surface area contributed by atoms with Gasteiger partial charge in [0.25, 0.3) is 5.91 Å². The zero-order valence-electron chi connectivity index (χ0n) is 14.4. The predicted molar refractivity (Wildman–Crippen MR) is 101 cm³/mol. The van der Waals surface area contributed by atoms with Gasteiger partial charge in [-0.2, -0.15) is 5.10 Å². The Morgan fingerprint density at radius 3 is 2.92 bits per heavy atom. The predicted octanol–water partition coefficient (Wildman–Crippen LogP) is 2.72. The number of nitrogens with zero attached hydrogens (tertiary/aromatic N) is 4. The fourth-order valence-corrected chi connectivity index (χ4v) is 4.13. The van der Waals surface area contributed by atoms with Gasteiger partial charge in [-0.25, -0.2) is 0 Å². The van der Waals surface area contributed by atoms with Crippen LogP contribution in [0.25, 0.3) is 0 Å². The van der Waals surface area contributed by atoms with Crippen LogP contribution in [0.5, 0.6) is 0 Å². The lowest BCUT2D eigenvalue weighted by Crippen LogP contribution is -2.38. The van der Waals surface area contributed by atoms with Gasteiger partial charge in [0.2, 0.25) is 0 Å². The van der Waals surface area contributed by atoms with Crippen molar-refractivity contribution in [1.82, 2.24) is 25.0 Å². The zero-order chi connectivity index (χ0) is 17.8. The lowest BCUT2D eigenvalue weighted by Gasteiger charge is -2.33. The third-order valence-corrected chi connectivity index (χ3v) is 5.48. The summed E-state index contributed by atoms with van der Waals surface area (Å²) in [4.78, 5) is 20.0. The summed E-state index contributed by atoms with van der Waals surface area (Å²) >= 11 is 1.79. The second-order valence-corrected chi connectivity index (χ2v) is 7.48. The quantitative estimate of drug-likeness (QED) is 0.728. The van der Waals surface area contributed by atoms with E-state index in [0.29, 0.717) is 12.1 Å². The molecule has 3 aromatic rings. The van der Waals surface area contributed by atoms with E-state index in [2.05, 4.69) is 48.6 Å². The molecular weight excluding hydrogens is 346 g/mol. The molecule has 4 heterocycles. The summed E-state index contributed by atoms with van der Waals surface area (Å²) in [7, 11) is 0. The molecule has 7 heteroatoms. The van der Waals surface area contributed by atoms with Crippen molar-refractivity contribution in [2.24, 2.45) is 0 Å². The zero-order valence-corrected chi connectivity index (χ0v) is 15.2. The number of amides is 1. The number of aromatic nitrogens is 3. The molecule has 1 N–H and O–H groups in total. The lowest BCUT2D eigenvalue weighted by molar-refractivity contribution is 0.0947. The molecule has 0 radical (unpaired) electrons. The van der Waals surface area contributed by atoms with Crippen LogP contribution >= 0.6 is 11.3 Å². The first-order chi connectivity index (χ1) is 12.8. The van der Waals surface area contributed by atoms with E-state index in [1.165, 1.54) is 10.6 Å². The fraction of sp³-hybridized carbons (Fsp3) is 0.316. The highest BCUT2D eigenvalue weighted by molar-refractivity contribution is 7.09. The average molecular weight is 367 g/mol. The molecule has 26 heavy (non-hydrogen) atoms. The number of hydrogen-bond donors (Lipinski definition) is 1. The van der Waals surface area contributed by atoms with Gasteiger partial charge in [-0.05, 0) is 36.1 Å². The molecule has 0 fully saturated rings. The van der Waals surface area contributed by atoms with E-state index < -0.39 is 0 Å². The van der Waals surface area contributed by atoms with E-state index in [1.54, 1.807) is 35.9 Å². The van der Waals surface area contributed by atoms with Crippen LogP contribution in [0.2, 0.25) is 0 Å². The monoisotopic (exact) mass is 367 g/mol. The molecule has 6 nitrogen and oxygen atoms in total. The van der Waals surface area contributed by atoms with Crippen LogP contribution in [0.1, 0.15) is 33.4 Å². The van der Waals surface area contributed by atoms with Crippen molar-refractivity contribution >= 4 is 17.2 Å². The summed E-state index contributed by atoms with van der Waals surface area (Å²) < 4.78 is 2.11. The van der Waals surface area contributed by atoms with Crippen molar-refractivity contribution in [3.63, 3.8) is 0 Å². The summed E-state index contributed by atoms with van der Waals surface area (Å²) in [6.45, 7) is 3.44. The molecule has 0 saturated heterocycles. The number of thiophene rings is 1. The molecular formula is C19H21N5OS. The fourth-order valence-electron chi connectivity index (χ4n) is 3.38. The topological polar surface area (TPSA) is 63.1 Å². The first-order valence-corrected chi connectivity index (χ1v) is 9.63. The van der Waals surface area contributed by atoms with Gasteiger partial charge in [-0.1, -0.05) is 6.07 Å². The van der Waals surface area contributed by atoms with Crippen LogP contribution in [0.3, 0.4) is 0 Å². The standard InChI is InChI=1S/C19H21N5OS/c25-19(15-3-7-20-8-4-15)21-9-5-16-12-23(14-18-2-1-11-26-18)13-17-6-10-22-24(16)17/h1-4,6-8,10-11,16H,5,9,12-14H2,(H,21,25)/t16-/m1/s1. The summed E-state index contributed by atoms with van der Waals surface area (Å²) in [6, 6.07) is 10.1. The molecule has 1 aliphatic rings. The van der Waals surface area contributed by atoms with Gasteiger partial charge in [0, 0.05) is 55.2 Å². The Morgan fingerprint density at radius 2 is 2.12 bits per heavy atom. The number of pyridine rings is 1. The van der Waals surface area contributed by atoms with Crippen LogP contribution in [-0.4, -0.2) is 38.7 Å². The summed E-state index contributed by atoms with van der Waals surface area (Å²) in [5, 5.41) is 9.62. The number of rotatable bonds is 6. The second kappa shape index (κ2) is 7.80. The van der Waals surface area contributed by atoms with Gasteiger partial charge in [0.15, 0.2) is 0 Å². The molecule has 4 rings (SSSR count). The second-order valence-electron chi connectivity index (χ2n) is 6.45. The Labute approximate surface area is 156 Å². The molecule has 0 aliphatic carbocycles. The summed E-state index contributed by atoms with van der Waals surface area (Å²) in [6.07, 6.45) is 5.99. The van der Waals surface area contributed by atoms with Crippen molar-refractivity contribution in [2.45, 2.75) is 25.6 Å². The van der Waals surface area contributed by atoms with Crippen molar-refractivity contribution in [2.75, 3.05) is 13.1 Å². The Hall–Kier alpha value is -2.51. The molecule has 0 spiro atoms. The molecule has 0 aromatic carbocycles. The molecule has 1 aliphatic heterocycles. The number of nitrogens with one attached hydrogen (secondary N) is 1. The smallest absolute Gasteiger partial charge is 0.251 e. The Morgan fingerprint density at radius 1 is 1.23 bits per heavy atom. The van der Waals surface area contributed by atoms with Crippen molar-refractivity contribution < 1.29 is 4.79 Å². The lowest BCUT2D eigenvalue weighted by atomic mass is 10.1. The Balaban J connectivity index is 1.37. The van der Waals surface area contributed by atoms with Crippen molar-refractivity contribution in [3.8, 4) is 0 Å². The van der Waals surface area contributed by atoms with Gasteiger partial charge >= 0.3 is 0 Å². The minimum absolute atomic E-state index is 0.0562. The highest BCUT2D eigenvalue weighted by Crippen LogP contribution is 2.25. The van der Waals surface area contributed by atoms with E-state index in [0.717, 1.165) is 26.1 Å². The van der Waals surface area contributed by atoms with E-state index in [1.807, 2.05) is 6.20 Å². The van der Waals surface area contributed by atoms with Crippen LogP contribution in [0, 0.1) is 0 Å². The Bertz CT molecular complexity index is 846. The maximum Gasteiger partial charge on any atom is 0.251 e. The molecule has 3 aromatic heterocycles. The highest BCUT2D eigenvalue weighted by atomic mass is 32.1. The van der Waals surface area contributed by atoms with Gasteiger partial charge in [0.1, 0.15) is 0 Å². The molecule has 0 unspecified atom stereocenters. The van der Waals surface area contributed by atoms with Crippen LogP contribution in [0.15, 0.2) is 54.3 Å². The van der Waals surface area contributed by atoms with Crippen LogP contribution < -0.4 is 5.32 Å². The maximum absolute atomic E-state index is 12.2. The highest BCUT2D eigenvalue weighted by Gasteiger charge is 2.25. The van der Waals surface area contributed by atoms with Gasteiger partial charge in [-0.15, -0.1) is 11.3 Å². The maximum atomic E-state index is 12.2. The molecule has 134 valence electrons. The minimum Gasteiger partial charge on any atom is -0.352 e. The number of fused-ring (bicyclic) bond motifs is 1. The first-order valence-electron chi connectivity index (χ1n) is 8.75. The minimum atomic E-state index is -0.0562. The van der Waals surface area contributed by atoms with E-state index in [4.69, 9.17) is 0 Å². The van der Waals surface area contributed by atoms with E-state index in [-0.39, 0.29) is 11.9 Å². The SMILES string of the molecule is O=C(NCC[C@@H]1CN(Cc2cccs2)Cc2ccnn21)c1ccncc1. The molecule has 1 atom stereocenters. The van der Waals surface area contributed by atoms with Crippen LogP contribution in [0.4, 0.5) is 0 Å². The molecule has 1 amide bonds. The average Bonchev–Trinajstić information content (AvgIpc) is 3.34. The third-order valence-electron chi connectivity index (χ3n) is 4.62. The van der Waals surface area contributed by atoms with Gasteiger partial charge in [0.05, 0.1) is 11.7 Å². The number of hydrogen-bond acceptors (Lipinski definition) is 5. The van der Waals surface area contributed by atoms with E-state index >= 15 is 0 Å². The van der Waals surface area contributed by atoms with Crippen molar-refractivity contribution in [1.29, 1.82) is 0 Å². The first kappa shape index (κ1) is 16.9. The molecule has 0 saturated carbocycles. The normalized spacial score (nSPS) is 17.0. The van der Waals surface area contributed by atoms with Crippen molar-refractivity contribution in [3.05, 3.63) is 70.4 Å². The third kappa shape index (κ3) is 3.84. The van der Waals surface area contributed by atoms with Gasteiger partial charge in [-0.3, -0.25) is 19.4 Å². The van der Waals surface area contributed by atoms with E-state index in [9.17, 15) is 4.79 Å². The summed E-state index contributed by atoms with van der Waals surface area (Å²) in [5.74, 6) is -0.0562. The number of carbonyl (C=O) groups excluding carboxylic acids is 1. The van der Waals surface area contributed by atoms with Gasteiger partial charge < -0.3 is 5.32 Å².